The number of nitrogens with two attached hydrogens (primary N) is 1. The Balaban J connectivity index is 2.23. The van der Waals surface area contributed by atoms with Gasteiger partial charge in [0.2, 0.25) is 0 Å². The summed E-state index contributed by atoms with van der Waals surface area (Å²) in [5, 5.41) is 0. The van der Waals surface area contributed by atoms with Crippen LogP contribution in [0.15, 0.2) is 54.1 Å². The van der Waals surface area contributed by atoms with Gasteiger partial charge in [-0.2, -0.15) is 0 Å². The number of allylic oxidation sites excluding steroid dienone is 4. The third-order valence-electron chi connectivity index (χ3n) is 3.08. The van der Waals surface area contributed by atoms with Crippen molar-refractivity contribution in [1.82, 2.24) is 0 Å². The lowest BCUT2D eigenvalue weighted by molar-refractivity contribution is 0.717. The third kappa shape index (κ3) is 2.61. The second-order valence-electron chi connectivity index (χ2n) is 4.22. The van der Waals surface area contributed by atoms with Crippen LogP contribution in [0, 0.1) is 0 Å². The molecule has 0 aromatic heterocycles. The Labute approximate surface area is 97.7 Å². The minimum absolute atomic E-state index is 0.475. The molecule has 0 bridgehead atoms. The summed E-state index contributed by atoms with van der Waals surface area (Å²) in [6, 6.07) is 10.7. The minimum Gasteiger partial charge on any atom is -0.330 e. The van der Waals surface area contributed by atoms with E-state index in [1.54, 1.807) is 0 Å². The molecule has 1 nitrogen and oxygen atoms in total. The van der Waals surface area contributed by atoms with Crippen LogP contribution < -0.4 is 5.73 Å². The highest BCUT2D eigenvalue weighted by molar-refractivity contribution is 5.36. The van der Waals surface area contributed by atoms with E-state index in [-0.39, 0.29) is 0 Å². The first-order valence-corrected chi connectivity index (χ1v) is 6.03. The lowest BCUT2D eigenvalue weighted by Gasteiger charge is -2.20. The molecule has 0 fully saturated rings. The van der Waals surface area contributed by atoms with Crippen LogP contribution in [0.2, 0.25) is 0 Å². The maximum atomic E-state index is 5.72. The zero-order valence-electron chi connectivity index (χ0n) is 9.60. The van der Waals surface area contributed by atoms with Crippen molar-refractivity contribution in [3.8, 4) is 0 Å². The van der Waals surface area contributed by atoms with Crippen LogP contribution in [-0.4, -0.2) is 6.54 Å². The predicted octanol–water partition coefficient (Wildman–Crippen LogP) is 3.40. The van der Waals surface area contributed by atoms with Crippen LogP contribution in [0.5, 0.6) is 0 Å². The second kappa shape index (κ2) is 5.66. The Morgan fingerprint density at radius 1 is 1.12 bits per heavy atom. The average molecular weight is 213 g/mol. The zero-order valence-corrected chi connectivity index (χ0v) is 9.60. The molecule has 16 heavy (non-hydrogen) atoms. The van der Waals surface area contributed by atoms with Crippen LogP contribution in [0.1, 0.15) is 30.7 Å². The van der Waals surface area contributed by atoms with Gasteiger partial charge in [-0.1, -0.05) is 48.6 Å². The summed E-state index contributed by atoms with van der Waals surface area (Å²) in [6.45, 7) is 0.741. The third-order valence-corrected chi connectivity index (χ3v) is 3.08. The first-order valence-electron chi connectivity index (χ1n) is 6.03. The molecule has 0 heterocycles. The molecule has 1 aliphatic carbocycles. The van der Waals surface area contributed by atoms with Gasteiger partial charge in [0.25, 0.3) is 0 Å². The first kappa shape index (κ1) is 11.2. The quantitative estimate of drug-likeness (QED) is 0.815. The van der Waals surface area contributed by atoms with E-state index in [9.17, 15) is 0 Å². The van der Waals surface area contributed by atoms with Crippen molar-refractivity contribution in [1.29, 1.82) is 0 Å². The van der Waals surface area contributed by atoms with Crippen molar-refractivity contribution >= 4 is 0 Å². The monoisotopic (exact) mass is 213 g/mol. The predicted molar refractivity (Wildman–Crippen MR) is 69.3 cm³/mol. The van der Waals surface area contributed by atoms with E-state index >= 15 is 0 Å². The number of hydrogen-bond donors (Lipinski definition) is 1. The highest BCUT2D eigenvalue weighted by Gasteiger charge is 2.14. The summed E-state index contributed by atoms with van der Waals surface area (Å²) >= 11 is 0. The molecule has 1 aromatic carbocycles. The van der Waals surface area contributed by atoms with E-state index in [0.717, 1.165) is 13.0 Å². The van der Waals surface area contributed by atoms with Gasteiger partial charge in [0.15, 0.2) is 0 Å². The van der Waals surface area contributed by atoms with Gasteiger partial charge in [0, 0.05) is 5.92 Å². The van der Waals surface area contributed by atoms with Crippen molar-refractivity contribution < 1.29 is 0 Å². The standard InChI is InChI=1S/C15H19N/c16-12-11-15(13-7-3-1-4-8-13)14-9-5-2-6-10-14/h1,3-5,7-10,15H,2,6,11-12,16H2. The molecular weight excluding hydrogens is 194 g/mol. The Kier molecular flexibility index (Phi) is 3.95. The lowest BCUT2D eigenvalue weighted by Crippen LogP contribution is -2.09. The van der Waals surface area contributed by atoms with Crippen LogP contribution in [-0.2, 0) is 0 Å². The number of hydrogen-bond acceptors (Lipinski definition) is 1. The molecule has 1 unspecified atom stereocenters. The fraction of sp³-hybridized carbons (Fsp3) is 0.333. The number of benzene rings is 1. The van der Waals surface area contributed by atoms with Crippen molar-refractivity contribution in [3.05, 3.63) is 59.7 Å². The second-order valence-corrected chi connectivity index (χ2v) is 4.22. The smallest absolute Gasteiger partial charge is 0.00980 e. The van der Waals surface area contributed by atoms with E-state index in [0.29, 0.717) is 5.92 Å². The Hall–Kier alpha value is -1.34. The van der Waals surface area contributed by atoms with E-state index in [1.807, 2.05) is 0 Å². The molecule has 0 amide bonds. The average Bonchev–Trinajstić information content (AvgIpc) is 2.38. The highest BCUT2D eigenvalue weighted by Crippen LogP contribution is 2.30. The van der Waals surface area contributed by atoms with Crippen molar-refractivity contribution in [2.75, 3.05) is 6.54 Å². The molecule has 0 radical (unpaired) electrons. The molecule has 2 rings (SSSR count). The number of rotatable bonds is 4. The molecule has 1 aliphatic rings. The van der Waals surface area contributed by atoms with Gasteiger partial charge in [-0.15, -0.1) is 0 Å². The molecule has 84 valence electrons. The summed E-state index contributed by atoms with van der Waals surface area (Å²) in [4.78, 5) is 0. The Morgan fingerprint density at radius 3 is 2.56 bits per heavy atom. The Bertz CT molecular complexity index is 376. The van der Waals surface area contributed by atoms with Crippen LogP contribution in [0.25, 0.3) is 0 Å². The molecule has 0 saturated carbocycles. The van der Waals surface area contributed by atoms with Crippen LogP contribution >= 0.6 is 0 Å². The van der Waals surface area contributed by atoms with Gasteiger partial charge in [0.1, 0.15) is 0 Å². The maximum absolute atomic E-state index is 5.72. The molecule has 0 aliphatic heterocycles. The summed E-state index contributed by atoms with van der Waals surface area (Å²) in [7, 11) is 0. The summed E-state index contributed by atoms with van der Waals surface area (Å²) in [5.74, 6) is 0.475. The largest absolute Gasteiger partial charge is 0.330 e. The van der Waals surface area contributed by atoms with Gasteiger partial charge < -0.3 is 5.73 Å². The van der Waals surface area contributed by atoms with Gasteiger partial charge in [-0.05, 0) is 36.9 Å². The molecule has 0 saturated heterocycles. The lowest BCUT2D eigenvalue weighted by atomic mass is 9.86. The van der Waals surface area contributed by atoms with Gasteiger partial charge in [-0.3, -0.25) is 0 Å². The van der Waals surface area contributed by atoms with Gasteiger partial charge >= 0.3 is 0 Å². The highest BCUT2D eigenvalue weighted by atomic mass is 14.5. The maximum Gasteiger partial charge on any atom is 0.00980 e. The molecule has 1 aromatic rings. The van der Waals surface area contributed by atoms with E-state index in [2.05, 4.69) is 48.6 Å². The molecule has 2 N–H and O–H groups in total. The van der Waals surface area contributed by atoms with Crippen molar-refractivity contribution in [3.63, 3.8) is 0 Å². The van der Waals surface area contributed by atoms with Crippen LogP contribution in [0.4, 0.5) is 0 Å². The minimum atomic E-state index is 0.475. The molecule has 1 heteroatoms. The normalized spacial score (nSPS) is 16.9. The zero-order chi connectivity index (χ0) is 11.2. The van der Waals surface area contributed by atoms with Gasteiger partial charge in [0.05, 0.1) is 0 Å². The Morgan fingerprint density at radius 2 is 1.94 bits per heavy atom. The molecular formula is C15H19N. The SMILES string of the molecule is NCCC(C1=CCCC=C1)c1ccccc1. The van der Waals surface area contributed by atoms with Crippen LogP contribution in [0.3, 0.4) is 0 Å². The summed E-state index contributed by atoms with van der Waals surface area (Å²) in [6.07, 6.45) is 10.2. The van der Waals surface area contributed by atoms with Gasteiger partial charge in [-0.25, -0.2) is 0 Å². The fourth-order valence-electron chi connectivity index (χ4n) is 2.27. The summed E-state index contributed by atoms with van der Waals surface area (Å²) in [5.41, 5.74) is 8.54. The summed E-state index contributed by atoms with van der Waals surface area (Å²) < 4.78 is 0. The van der Waals surface area contributed by atoms with E-state index in [1.165, 1.54) is 24.0 Å². The molecule has 0 spiro atoms. The van der Waals surface area contributed by atoms with Crippen molar-refractivity contribution in [2.45, 2.75) is 25.2 Å². The van der Waals surface area contributed by atoms with E-state index in [4.69, 9.17) is 5.73 Å². The first-order chi connectivity index (χ1) is 7.92. The topological polar surface area (TPSA) is 26.0 Å². The van der Waals surface area contributed by atoms with Crippen molar-refractivity contribution in [2.24, 2.45) is 5.73 Å². The fourth-order valence-corrected chi connectivity index (χ4v) is 2.27. The van der Waals surface area contributed by atoms with E-state index < -0.39 is 0 Å². The molecule has 1 atom stereocenters.